The van der Waals surface area contributed by atoms with E-state index in [-0.39, 0.29) is 17.4 Å². The molecule has 2 aromatic rings. The second-order valence-electron chi connectivity index (χ2n) is 11.1. The van der Waals surface area contributed by atoms with Gasteiger partial charge in [0.05, 0.1) is 11.2 Å². The van der Waals surface area contributed by atoms with E-state index < -0.39 is 11.6 Å². The van der Waals surface area contributed by atoms with Crippen LogP contribution in [0.1, 0.15) is 54.4 Å². The highest BCUT2D eigenvalue weighted by atomic mass is 35.5. The van der Waals surface area contributed by atoms with Crippen molar-refractivity contribution in [3.8, 4) is 11.1 Å². The number of amides is 1. The highest BCUT2D eigenvalue weighted by Gasteiger charge is 2.57. The summed E-state index contributed by atoms with van der Waals surface area (Å²) in [5.74, 6) is 0.820. The molecule has 0 spiro atoms. The Morgan fingerprint density at radius 3 is 2.32 bits per heavy atom. The second-order valence-corrected chi connectivity index (χ2v) is 11.5. The number of carboxylic acids is 1. The molecule has 0 aromatic heterocycles. The summed E-state index contributed by atoms with van der Waals surface area (Å²) >= 11 is 6.64. The Morgan fingerprint density at radius 2 is 1.71 bits per heavy atom. The third-order valence-electron chi connectivity index (χ3n) is 8.89. The Hall–Kier alpha value is -2.37. The predicted molar refractivity (Wildman–Crippen MR) is 130 cm³/mol. The number of aliphatic hydroxyl groups is 1. The van der Waals surface area contributed by atoms with Crippen LogP contribution in [0, 0.1) is 23.7 Å². The molecule has 3 unspecified atom stereocenters. The van der Waals surface area contributed by atoms with E-state index in [1.165, 1.54) is 12.8 Å². The van der Waals surface area contributed by atoms with Gasteiger partial charge in [-0.3, -0.25) is 4.79 Å². The van der Waals surface area contributed by atoms with Crippen molar-refractivity contribution in [1.82, 2.24) is 4.90 Å². The number of rotatable bonds is 5. The predicted octanol–water partition coefficient (Wildman–Crippen LogP) is 5.04. The van der Waals surface area contributed by atoms with Crippen LogP contribution < -0.4 is 0 Å². The Bertz CT molecular complexity index is 1130. The number of carbonyl (C=O) groups excluding carboxylic acids is 1. The molecule has 1 heterocycles. The molecule has 0 radical (unpaired) electrons. The van der Waals surface area contributed by atoms with Gasteiger partial charge >= 0.3 is 5.97 Å². The van der Waals surface area contributed by atoms with E-state index in [2.05, 4.69) is 4.90 Å². The van der Waals surface area contributed by atoms with Gasteiger partial charge in [-0.15, -0.1) is 0 Å². The number of hydrogen-bond donors (Lipinski definition) is 2. The minimum atomic E-state index is -0.945. The zero-order chi connectivity index (χ0) is 23.6. The first kappa shape index (κ1) is 22.1. The van der Waals surface area contributed by atoms with Crippen molar-refractivity contribution < 1.29 is 19.8 Å². The normalized spacial score (nSPS) is 34.1. The summed E-state index contributed by atoms with van der Waals surface area (Å²) in [7, 11) is 0. The highest BCUT2D eigenvalue weighted by molar-refractivity contribution is 6.31. The molecule has 7 rings (SSSR count). The molecule has 5 aliphatic rings. The summed E-state index contributed by atoms with van der Waals surface area (Å²) in [5, 5.41) is 20.6. The van der Waals surface area contributed by atoms with Crippen LogP contribution in [0.25, 0.3) is 11.1 Å². The molecule has 1 saturated heterocycles. The van der Waals surface area contributed by atoms with E-state index in [0.29, 0.717) is 35.2 Å². The smallest absolute Gasteiger partial charge is 0.335 e. The zero-order valence-corrected chi connectivity index (χ0v) is 19.9. The van der Waals surface area contributed by atoms with Gasteiger partial charge in [-0.2, -0.15) is 0 Å². The molecule has 5 fully saturated rings. The number of halogens is 1. The fourth-order valence-corrected chi connectivity index (χ4v) is 7.93. The van der Waals surface area contributed by atoms with Crippen LogP contribution in [0.15, 0.2) is 42.5 Å². The van der Waals surface area contributed by atoms with E-state index in [0.717, 1.165) is 48.9 Å². The SMILES string of the molecule is O=C(O)c1ccc(-c2ccc(CC3CCN(C4C5CC6CC4CC(O)(C6)C5)C3=O)c(Cl)c2)cc1. The molecule has 2 N–H and O–H groups in total. The average Bonchev–Trinajstić information content (AvgIpc) is 3.14. The summed E-state index contributed by atoms with van der Waals surface area (Å²) in [6, 6.07) is 13.0. The zero-order valence-electron chi connectivity index (χ0n) is 19.1. The molecule has 5 nitrogen and oxygen atoms in total. The van der Waals surface area contributed by atoms with Gasteiger partial charge in [-0.05, 0) is 97.6 Å². The lowest BCUT2D eigenvalue weighted by molar-refractivity contribution is -0.168. The molecule has 4 aliphatic carbocycles. The monoisotopic (exact) mass is 479 g/mol. The van der Waals surface area contributed by atoms with E-state index >= 15 is 0 Å². The van der Waals surface area contributed by atoms with E-state index in [1.54, 1.807) is 24.3 Å². The summed E-state index contributed by atoms with van der Waals surface area (Å²) in [5.41, 5.74) is 2.59. The van der Waals surface area contributed by atoms with E-state index in [1.807, 2.05) is 18.2 Å². The van der Waals surface area contributed by atoms with Gasteiger partial charge in [0.2, 0.25) is 5.91 Å². The molecule has 1 amide bonds. The first-order chi connectivity index (χ1) is 16.3. The van der Waals surface area contributed by atoms with E-state index in [4.69, 9.17) is 16.7 Å². The fourth-order valence-electron chi connectivity index (χ4n) is 7.68. The second kappa shape index (κ2) is 8.10. The van der Waals surface area contributed by atoms with Crippen LogP contribution in [0.5, 0.6) is 0 Å². The Kier molecular flexibility index (Phi) is 5.27. The van der Waals surface area contributed by atoms with Crippen molar-refractivity contribution in [2.45, 2.75) is 56.6 Å². The van der Waals surface area contributed by atoms with Gasteiger partial charge in [0, 0.05) is 23.5 Å². The molecule has 6 heteroatoms. The van der Waals surface area contributed by atoms with Crippen LogP contribution in [0.4, 0.5) is 0 Å². The number of aromatic carboxylic acids is 1. The minimum Gasteiger partial charge on any atom is -0.478 e. The average molecular weight is 480 g/mol. The van der Waals surface area contributed by atoms with Crippen LogP contribution in [0.3, 0.4) is 0 Å². The van der Waals surface area contributed by atoms with Crippen molar-refractivity contribution >= 4 is 23.5 Å². The number of nitrogens with zero attached hydrogens (tertiary/aromatic N) is 1. The van der Waals surface area contributed by atoms with Crippen molar-refractivity contribution in [3.05, 3.63) is 58.6 Å². The third-order valence-corrected chi connectivity index (χ3v) is 9.24. The number of likely N-dealkylation sites (tertiary alicyclic amines) is 1. The van der Waals surface area contributed by atoms with Crippen LogP contribution in [-0.2, 0) is 11.2 Å². The molecule has 3 atom stereocenters. The summed E-state index contributed by atoms with van der Waals surface area (Å²) < 4.78 is 0. The maximum absolute atomic E-state index is 13.5. The topological polar surface area (TPSA) is 77.8 Å². The first-order valence-electron chi connectivity index (χ1n) is 12.4. The van der Waals surface area contributed by atoms with Crippen molar-refractivity contribution in [2.75, 3.05) is 6.54 Å². The molecule has 34 heavy (non-hydrogen) atoms. The Morgan fingerprint density at radius 1 is 1.03 bits per heavy atom. The Labute approximate surface area is 204 Å². The molecule has 2 aromatic carbocycles. The van der Waals surface area contributed by atoms with Crippen molar-refractivity contribution in [1.29, 1.82) is 0 Å². The number of hydrogen-bond acceptors (Lipinski definition) is 3. The largest absolute Gasteiger partial charge is 0.478 e. The standard InChI is InChI=1S/C28H30ClNO4/c29-24-12-19(17-1-3-18(4-2-17)27(32)33)5-6-20(24)11-21-7-8-30(26(21)31)25-22-9-16-10-23(25)15-28(34,13-16)14-22/h1-6,12,16,21-23,25,34H,7-11,13-15H2,(H,32,33). The van der Waals surface area contributed by atoms with Gasteiger partial charge in [0.25, 0.3) is 0 Å². The molecule has 1 aliphatic heterocycles. The highest BCUT2D eigenvalue weighted by Crippen LogP contribution is 2.57. The number of benzene rings is 2. The number of carbonyl (C=O) groups is 2. The van der Waals surface area contributed by atoms with Gasteiger partial charge in [0.15, 0.2) is 0 Å². The molecule has 4 bridgehead atoms. The third kappa shape index (κ3) is 3.74. The Balaban J connectivity index is 1.15. The van der Waals surface area contributed by atoms with Gasteiger partial charge < -0.3 is 15.1 Å². The summed E-state index contributed by atoms with van der Waals surface area (Å²) in [6.07, 6.45) is 6.51. The molecule has 4 saturated carbocycles. The minimum absolute atomic E-state index is 0.0431. The van der Waals surface area contributed by atoms with Gasteiger partial charge in [0.1, 0.15) is 0 Å². The van der Waals surface area contributed by atoms with Crippen LogP contribution >= 0.6 is 11.6 Å². The molecule has 178 valence electrons. The quantitative estimate of drug-likeness (QED) is 0.630. The summed E-state index contributed by atoms with van der Waals surface area (Å²) in [6.45, 7) is 0.815. The maximum atomic E-state index is 13.5. The van der Waals surface area contributed by atoms with Gasteiger partial charge in [-0.25, -0.2) is 4.79 Å². The number of carboxylic acid groups (broad SMARTS) is 1. The van der Waals surface area contributed by atoms with E-state index in [9.17, 15) is 14.7 Å². The molecular weight excluding hydrogens is 450 g/mol. The lowest BCUT2D eigenvalue weighted by Gasteiger charge is -2.59. The van der Waals surface area contributed by atoms with Crippen molar-refractivity contribution in [2.24, 2.45) is 23.7 Å². The molecular formula is C28H30ClNO4. The summed E-state index contributed by atoms with van der Waals surface area (Å²) in [4.78, 5) is 26.7. The van der Waals surface area contributed by atoms with Gasteiger partial charge in [-0.1, -0.05) is 35.9 Å². The lowest BCUT2D eigenvalue weighted by Crippen LogP contribution is -2.62. The van der Waals surface area contributed by atoms with Crippen LogP contribution in [-0.4, -0.2) is 45.2 Å². The van der Waals surface area contributed by atoms with Crippen molar-refractivity contribution in [3.63, 3.8) is 0 Å². The first-order valence-corrected chi connectivity index (χ1v) is 12.8. The fraction of sp³-hybridized carbons (Fsp3) is 0.500. The lowest BCUT2D eigenvalue weighted by atomic mass is 9.52. The maximum Gasteiger partial charge on any atom is 0.335 e. The van der Waals surface area contributed by atoms with Crippen LogP contribution in [0.2, 0.25) is 5.02 Å².